The van der Waals surface area contributed by atoms with Gasteiger partial charge >= 0.3 is 18.0 Å². The van der Waals surface area contributed by atoms with Gasteiger partial charge in [-0.05, 0) is 37.5 Å². The molecule has 0 bridgehead atoms. The molecule has 124 valence electrons. The molecule has 0 atom stereocenters. The minimum Gasteiger partial charge on any atom is -0.465 e. The van der Waals surface area contributed by atoms with Crippen molar-refractivity contribution >= 4 is 23.7 Å². The van der Waals surface area contributed by atoms with E-state index in [1.807, 2.05) is 0 Å². The predicted molar refractivity (Wildman–Crippen MR) is 81.8 cm³/mol. The van der Waals surface area contributed by atoms with Crippen molar-refractivity contribution in [3.8, 4) is 0 Å². The van der Waals surface area contributed by atoms with Crippen LogP contribution in [0.2, 0.25) is 0 Å². The molecule has 1 aliphatic rings. The lowest BCUT2D eigenvalue weighted by Gasteiger charge is -2.29. The van der Waals surface area contributed by atoms with Crippen molar-refractivity contribution in [2.75, 3.05) is 32.3 Å². The second-order valence-corrected chi connectivity index (χ2v) is 4.96. The van der Waals surface area contributed by atoms with E-state index in [1.54, 1.807) is 13.0 Å². The first-order valence-electron chi connectivity index (χ1n) is 7.31. The summed E-state index contributed by atoms with van der Waals surface area (Å²) in [6.07, 6.45) is 0.954. The highest BCUT2D eigenvalue weighted by Gasteiger charge is 2.28. The summed E-state index contributed by atoms with van der Waals surface area (Å²) in [6.45, 7) is 2.47. The van der Waals surface area contributed by atoms with Crippen LogP contribution in [-0.2, 0) is 20.6 Å². The number of aryl methyl sites for hydroxylation is 1. The summed E-state index contributed by atoms with van der Waals surface area (Å²) in [5.41, 5.74) is 1.54. The summed E-state index contributed by atoms with van der Waals surface area (Å²) >= 11 is 0. The number of anilines is 1. The summed E-state index contributed by atoms with van der Waals surface area (Å²) in [6, 6.07) is 3.07. The maximum Gasteiger partial charge on any atom is 0.414 e. The van der Waals surface area contributed by atoms with Crippen LogP contribution in [0.15, 0.2) is 12.1 Å². The second-order valence-electron chi connectivity index (χ2n) is 4.96. The maximum atomic E-state index is 12.1. The van der Waals surface area contributed by atoms with Crippen molar-refractivity contribution in [2.24, 2.45) is 0 Å². The molecule has 7 nitrogen and oxygen atoms in total. The fraction of sp³-hybridized carbons (Fsp3) is 0.438. The number of fused-ring (bicyclic) bond motifs is 1. The zero-order valence-corrected chi connectivity index (χ0v) is 13.4. The molecule has 0 N–H and O–H groups in total. The number of benzene rings is 1. The summed E-state index contributed by atoms with van der Waals surface area (Å²) < 4.78 is 14.5. The van der Waals surface area contributed by atoms with Gasteiger partial charge in [-0.2, -0.15) is 0 Å². The van der Waals surface area contributed by atoms with Crippen LogP contribution < -0.4 is 4.90 Å². The van der Waals surface area contributed by atoms with Gasteiger partial charge in [-0.1, -0.05) is 0 Å². The van der Waals surface area contributed by atoms with Crippen LogP contribution >= 0.6 is 0 Å². The van der Waals surface area contributed by atoms with E-state index in [9.17, 15) is 14.4 Å². The molecular formula is C16H19NO6. The second kappa shape index (κ2) is 7.13. The topological polar surface area (TPSA) is 82.1 Å². The molecule has 2 rings (SSSR count). The molecule has 0 spiro atoms. The molecule has 0 aliphatic carbocycles. The predicted octanol–water partition coefficient (Wildman–Crippen LogP) is 2.17. The molecule has 0 unspecified atom stereocenters. The highest BCUT2D eigenvalue weighted by Crippen LogP contribution is 2.31. The zero-order chi connectivity index (χ0) is 17.0. The average Bonchev–Trinajstić information content (AvgIpc) is 2.58. The Labute approximate surface area is 134 Å². The molecule has 7 heteroatoms. The van der Waals surface area contributed by atoms with Crippen LogP contribution in [0, 0.1) is 0 Å². The van der Waals surface area contributed by atoms with Gasteiger partial charge in [0.15, 0.2) is 0 Å². The van der Waals surface area contributed by atoms with Crippen LogP contribution in [0.5, 0.6) is 0 Å². The highest BCUT2D eigenvalue weighted by atomic mass is 16.6. The standard InChI is InChI=1S/C16H19NO6/c1-4-23-16(20)17-7-5-6-10-8-11(14(18)21-2)12(9-13(10)17)15(19)22-3/h8-9H,4-7H2,1-3H3. The van der Waals surface area contributed by atoms with E-state index in [4.69, 9.17) is 14.2 Å². The number of methoxy groups -OCH3 is 2. The molecule has 0 saturated heterocycles. The zero-order valence-electron chi connectivity index (χ0n) is 13.4. The Kier molecular flexibility index (Phi) is 5.20. The number of rotatable bonds is 3. The Bertz CT molecular complexity index is 640. The third-order valence-corrected chi connectivity index (χ3v) is 3.64. The quantitative estimate of drug-likeness (QED) is 0.627. The molecule has 0 saturated carbocycles. The van der Waals surface area contributed by atoms with E-state index in [2.05, 4.69) is 0 Å². The number of hydrogen-bond donors (Lipinski definition) is 0. The molecular weight excluding hydrogens is 302 g/mol. The Hall–Kier alpha value is -2.57. The molecule has 23 heavy (non-hydrogen) atoms. The fourth-order valence-electron chi connectivity index (χ4n) is 2.58. The van der Waals surface area contributed by atoms with Crippen LogP contribution in [0.25, 0.3) is 0 Å². The van der Waals surface area contributed by atoms with Gasteiger partial charge in [-0.3, -0.25) is 4.90 Å². The van der Waals surface area contributed by atoms with Gasteiger partial charge < -0.3 is 14.2 Å². The highest BCUT2D eigenvalue weighted by molar-refractivity contribution is 6.05. The van der Waals surface area contributed by atoms with E-state index in [1.165, 1.54) is 25.2 Å². The lowest BCUT2D eigenvalue weighted by Crippen LogP contribution is -2.36. The molecule has 1 amide bonds. The summed E-state index contributed by atoms with van der Waals surface area (Å²) in [5, 5.41) is 0. The number of ether oxygens (including phenoxy) is 3. The molecule has 1 heterocycles. The van der Waals surface area contributed by atoms with Crippen LogP contribution in [0.4, 0.5) is 10.5 Å². The number of nitrogens with zero attached hydrogens (tertiary/aromatic N) is 1. The van der Waals surface area contributed by atoms with Gasteiger partial charge in [0.05, 0.1) is 37.6 Å². The van der Waals surface area contributed by atoms with Crippen molar-refractivity contribution in [3.63, 3.8) is 0 Å². The summed E-state index contributed by atoms with van der Waals surface area (Å²) in [5.74, 6) is -1.29. The third kappa shape index (κ3) is 3.28. The Morgan fingerprint density at radius 1 is 1.09 bits per heavy atom. The van der Waals surface area contributed by atoms with Crippen LogP contribution in [0.1, 0.15) is 39.6 Å². The molecule has 1 aliphatic heterocycles. The van der Waals surface area contributed by atoms with Crippen LogP contribution in [0.3, 0.4) is 0 Å². The van der Waals surface area contributed by atoms with Gasteiger partial charge in [0, 0.05) is 6.54 Å². The Morgan fingerprint density at radius 2 is 1.70 bits per heavy atom. The van der Waals surface area contributed by atoms with E-state index in [-0.39, 0.29) is 17.7 Å². The lowest BCUT2D eigenvalue weighted by molar-refractivity contribution is 0.0555. The first kappa shape index (κ1) is 16.8. The van der Waals surface area contributed by atoms with Crippen molar-refractivity contribution < 1.29 is 28.6 Å². The van der Waals surface area contributed by atoms with Crippen molar-refractivity contribution in [1.82, 2.24) is 0 Å². The Balaban J connectivity index is 2.55. The molecule has 0 aromatic heterocycles. The van der Waals surface area contributed by atoms with E-state index >= 15 is 0 Å². The molecule has 0 fully saturated rings. The van der Waals surface area contributed by atoms with Crippen molar-refractivity contribution in [2.45, 2.75) is 19.8 Å². The van der Waals surface area contributed by atoms with Crippen molar-refractivity contribution in [3.05, 3.63) is 28.8 Å². The summed E-state index contributed by atoms with van der Waals surface area (Å²) in [7, 11) is 2.47. The first-order valence-corrected chi connectivity index (χ1v) is 7.31. The van der Waals surface area contributed by atoms with Gasteiger partial charge in [-0.15, -0.1) is 0 Å². The van der Waals surface area contributed by atoms with Crippen LogP contribution in [-0.4, -0.2) is 45.4 Å². The number of esters is 2. The normalized spacial score (nSPS) is 13.1. The average molecular weight is 321 g/mol. The number of amides is 1. The minimum atomic E-state index is -0.664. The monoisotopic (exact) mass is 321 g/mol. The summed E-state index contributed by atoms with van der Waals surface area (Å²) in [4.78, 5) is 37.5. The fourth-order valence-corrected chi connectivity index (χ4v) is 2.58. The van der Waals surface area contributed by atoms with Gasteiger partial charge in [0.2, 0.25) is 0 Å². The van der Waals surface area contributed by atoms with E-state index in [0.29, 0.717) is 18.7 Å². The number of hydrogen-bond acceptors (Lipinski definition) is 6. The van der Waals surface area contributed by atoms with E-state index < -0.39 is 18.0 Å². The number of carbonyl (C=O) groups is 3. The lowest BCUT2D eigenvalue weighted by atomic mass is 9.95. The largest absolute Gasteiger partial charge is 0.465 e. The minimum absolute atomic E-state index is 0.0642. The van der Waals surface area contributed by atoms with E-state index in [0.717, 1.165) is 12.0 Å². The Morgan fingerprint density at radius 3 is 2.26 bits per heavy atom. The SMILES string of the molecule is CCOC(=O)N1CCCc2cc(C(=O)OC)c(C(=O)OC)cc21. The third-order valence-electron chi connectivity index (χ3n) is 3.64. The van der Waals surface area contributed by atoms with Gasteiger partial charge in [0.1, 0.15) is 0 Å². The van der Waals surface area contributed by atoms with Crippen molar-refractivity contribution in [1.29, 1.82) is 0 Å². The molecule has 1 aromatic rings. The van der Waals surface area contributed by atoms with Gasteiger partial charge in [0.25, 0.3) is 0 Å². The van der Waals surface area contributed by atoms with Gasteiger partial charge in [-0.25, -0.2) is 14.4 Å². The first-order chi connectivity index (χ1) is 11.0. The number of carbonyl (C=O) groups excluding carboxylic acids is 3. The smallest absolute Gasteiger partial charge is 0.414 e. The molecule has 0 radical (unpaired) electrons. The molecule has 1 aromatic carbocycles. The maximum absolute atomic E-state index is 12.1.